The van der Waals surface area contributed by atoms with Gasteiger partial charge < -0.3 is 28.7 Å². The quantitative estimate of drug-likeness (QED) is 0.0986. The van der Waals surface area contributed by atoms with Crippen molar-refractivity contribution in [2.24, 2.45) is 0 Å². The van der Waals surface area contributed by atoms with Gasteiger partial charge in [0.05, 0.1) is 24.2 Å². The van der Waals surface area contributed by atoms with Gasteiger partial charge >= 0.3 is 12.1 Å². The first-order chi connectivity index (χ1) is 34.4. The van der Waals surface area contributed by atoms with E-state index in [1.807, 2.05) is 92.7 Å². The number of benzene rings is 6. The molecule has 1 saturated carbocycles. The Bertz CT molecular complexity index is 3140. The molecule has 3 fully saturated rings. The average molecular weight is 951 g/mol. The van der Waals surface area contributed by atoms with E-state index in [0.717, 1.165) is 63.4 Å². The minimum atomic E-state index is -0.943. The van der Waals surface area contributed by atoms with Crippen molar-refractivity contribution in [1.82, 2.24) is 24.6 Å². The molecule has 362 valence electrons. The van der Waals surface area contributed by atoms with Crippen LogP contribution in [-0.4, -0.2) is 81.3 Å². The monoisotopic (exact) mass is 950 g/mol. The van der Waals surface area contributed by atoms with E-state index in [1.54, 1.807) is 13.2 Å². The second-order valence-corrected chi connectivity index (χ2v) is 20.3. The number of likely N-dealkylation sites (tertiary alicyclic amines) is 1. The van der Waals surface area contributed by atoms with Crippen molar-refractivity contribution in [2.75, 3.05) is 31.7 Å². The lowest BCUT2D eigenvalue weighted by atomic mass is 9.77. The average Bonchev–Trinajstić information content (AvgIpc) is 3.81. The number of anilines is 1. The van der Waals surface area contributed by atoms with Gasteiger partial charge in [-0.15, -0.1) is 0 Å². The SMILES string of the molecule is COC[C@@H](C)Oc1nc(N2C[C@@H]3C[C@H]2CN3C(=O)OC(C)(C)C)c2cc(C3CC3)c(-c3c(C)c(F)cc4nn(C(c5ccccc5)(c5ccccc5)c5ccccc5)cc34)c(OCc3ccccc3)c2n1. The molecular formula is C59H59FN6O5. The van der Waals surface area contributed by atoms with Gasteiger partial charge in [-0.25, -0.2) is 9.18 Å². The molecule has 11 nitrogen and oxygen atoms in total. The van der Waals surface area contributed by atoms with Gasteiger partial charge in [-0.3, -0.25) is 4.68 Å². The van der Waals surface area contributed by atoms with Crippen LogP contribution in [0.15, 0.2) is 140 Å². The standard InChI is InChI=1S/C59H59FN6O5/c1-37(35-68-6)70-56-61-53-47(55(62-56)64-32-45-29-44(64)33-65(45)57(67)71-58(3,4)5)30-46(40-27-28-40)52(54(53)69-36-39-19-11-7-12-20-39)51-38(2)49(60)31-50-48(51)34-66(63-50)59(41-21-13-8-14-22-41,42-23-15-9-16-24-42)43-25-17-10-18-26-43/h7-26,30-31,34,37,40,44-45H,27-29,32-33,35-36H2,1-6H3/t37-,44+,45+/m1/s1. The second kappa shape index (κ2) is 18.5. The van der Waals surface area contributed by atoms with Crippen LogP contribution in [0.4, 0.5) is 15.0 Å². The number of ether oxygens (including phenoxy) is 4. The number of hydrogen-bond acceptors (Lipinski definition) is 9. The number of fused-ring (bicyclic) bond motifs is 4. The summed E-state index contributed by atoms with van der Waals surface area (Å²) in [7, 11) is 1.64. The maximum Gasteiger partial charge on any atom is 0.410 e. The first-order valence-corrected chi connectivity index (χ1v) is 24.7. The van der Waals surface area contributed by atoms with Gasteiger partial charge in [-0.2, -0.15) is 15.1 Å². The molecule has 2 bridgehead atoms. The van der Waals surface area contributed by atoms with Crippen molar-refractivity contribution in [3.8, 4) is 22.9 Å². The number of carbonyl (C=O) groups excluding carboxylic acids is 1. The molecule has 2 aromatic heterocycles. The van der Waals surface area contributed by atoms with Crippen molar-refractivity contribution in [3.63, 3.8) is 0 Å². The van der Waals surface area contributed by atoms with Gasteiger partial charge in [0.15, 0.2) is 5.75 Å². The molecule has 1 amide bonds. The lowest BCUT2D eigenvalue weighted by molar-refractivity contribution is 0.0214. The Hall–Kier alpha value is -7.31. The summed E-state index contributed by atoms with van der Waals surface area (Å²) in [5.41, 5.74) is 6.47. The number of nitrogens with zero attached hydrogens (tertiary/aromatic N) is 6. The summed E-state index contributed by atoms with van der Waals surface area (Å²) in [6.45, 7) is 11.0. The zero-order valence-electron chi connectivity index (χ0n) is 41.1. The Morgan fingerprint density at radius 2 is 1.41 bits per heavy atom. The minimum Gasteiger partial charge on any atom is -0.486 e. The van der Waals surface area contributed by atoms with E-state index in [0.29, 0.717) is 53.4 Å². The fourth-order valence-corrected chi connectivity index (χ4v) is 10.9. The molecule has 0 spiro atoms. The van der Waals surface area contributed by atoms with E-state index < -0.39 is 11.1 Å². The molecule has 1 aliphatic carbocycles. The molecular weight excluding hydrogens is 892 g/mol. The van der Waals surface area contributed by atoms with Crippen molar-refractivity contribution < 1.29 is 28.1 Å². The summed E-state index contributed by atoms with van der Waals surface area (Å²) in [4.78, 5) is 28.1. The zero-order valence-corrected chi connectivity index (χ0v) is 41.1. The van der Waals surface area contributed by atoms with Gasteiger partial charge in [0, 0.05) is 54.4 Å². The van der Waals surface area contributed by atoms with Crippen LogP contribution in [0.1, 0.15) is 86.3 Å². The number of methoxy groups -OCH3 is 1. The largest absolute Gasteiger partial charge is 0.486 e. The lowest BCUT2D eigenvalue weighted by Gasteiger charge is -2.36. The Balaban J connectivity index is 1.17. The molecule has 8 aromatic rings. The maximum absolute atomic E-state index is 17.1. The predicted octanol–water partition coefficient (Wildman–Crippen LogP) is 12.0. The Kier molecular flexibility index (Phi) is 12.0. The molecule has 4 heterocycles. The topological polar surface area (TPSA) is 104 Å². The summed E-state index contributed by atoms with van der Waals surface area (Å²) in [6.07, 6.45) is 4.09. The first kappa shape index (κ1) is 46.1. The van der Waals surface area contributed by atoms with E-state index >= 15 is 4.39 Å². The first-order valence-electron chi connectivity index (χ1n) is 24.7. The lowest BCUT2D eigenvalue weighted by Crippen LogP contribution is -2.50. The smallest absolute Gasteiger partial charge is 0.410 e. The van der Waals surface area contributed by atoms with Crippen molar-refractivity contribution >= 4 is 33.7 Å². The zero-order chi connectivity index (χ0) is 49.0. The third kappa shape index (κ3) is 8.51. The number of halogens is 1. The summed E-state index contributed by atoms with van der Waals surface area (Å²) >= 11 is 0. The number of aromatic nitrogens is 4. The van der Waals surface area contributed by atoms with Crippen LogP contribution in [0, 0.1) is 12.7 Å². The van der Waals surface area contributed by atoms with Gasteiger partial charge in [-0.05, 0) is 99.2 Å². The van der Waals surface area contributed by atoms with Crippen LogP contribution in [0.25, 0.3) is 32.9 Å². The van der Waals surface area contributed by atoms with Crippen LogP contribution >= 0.6 is 0 Å². The summed E-state index contributed by atoms with van der Waals surface area (Å²) < 4.78 is 44.2. The van der Waals surface area contributed by atoms with Gasteiger partial charge in [0.25, 0.3) is 0 Å². The van der Waals surface area contributed by atoms with E-state index in [1.165, 1.54) is 0 Å². The van der Waals surface area contributed by atoms with Crippen LogP contribution in [0.3, 0.4) is 0 Å². The van der Waals surface area contributed by atoms with E-state index in [9.17, 15) is 4.79 Å². The molecule has 6 aromatic carbocycles. The molecule has 0 radical (unpaired) electrons. The number of carbonyl (C=O) groups is 1. The van der Waals surface area contributed by atoms with Gasteiger partial charge in [0.1, 0.15) is 41.0 Å². The number of hydrogen-bond donors (Lipinski definition) is 0. The van der Waals surface area contributed by atoms with Crippen molar-refractivity contribution in [1.29, 1.82) is 0 Å². The molecule has 3 atom stereocenters. The highest BCUT2D eigenvalue weighted by atomic mass is 19.1. The summed E-state index contributed by atoms with van der Waals surface area (Å²) in [5.74, 6) is 1.02. The third-order valence-electron chi connectivity index (χ3n) is 14.2. The number of amides is 1. The van der Waals surface area contributed by atoms with Crippen LogP contribution in [0.5, 0.6) is 11.8 Å². The molecule has 2 aliphatic heterocycles. The van der Waals surface area contributed by atoms with Crippen LogP contribution in [0.2, 0.25) is 0 Å². The van der Waals surface area contributed by atoms with E-state index in [2.05, 4.69) is 90.0 Å². The minimum absolute atomic E-state index is 0.0253. The van der Waals surface area contributed by atoms with Crippen LogP contribution in [-0.2, 0) is 21.6 Å². The van der Waals surface area contributed by atoms with Crippen molar-refractivity contribution in [3.05, 3.63) is 179 Å². The highest BCUT2D eigenvalue weighted by Gasteiger charge is 2.48. The van der Waals surface area contributed by atoms with Gasteiger partial charge in [-0.1, -0.05) is 121 Å². The highest BCUT2D eigenvalue weighted by molar-refractivity contribution is 6.06. The second-order valence-electron chi connectivity index (χ2n) is 20.3. The maximum atomic E-state index is 17.1. The molecule has 12 heteroatoms. The molecule has 71 heavy (non-hydrogen) atoms. The molecule has 0 N–H and O–H groups in total. The molecule has 3 aliphatic rings. The van der Waals surface area contributed by atoms with Gasteiger partial charge in [0.2, 0.25) is 0 Å². The third-order valence-corrected chi connectivity index (χ3v) is 14.2. The van der Waals surface area contributed by atoms with Crippen LogP contribution < -0.4 is 14.4 Å². The predicted molar refractivity (Wildman–Crippen MR) is 275 cm³/mol. The number of rotatable bonds is 14. The molecule has 0 unspecified atom stereocenters. The fraction of sp³-hybridized carbons (Fsp3) is 0.322. The molecule has 2 saturated heterocycles. The highest BCUT2D eigenvalue weighted by Crippen LogP contribution is 2.54. The molecule has 11 rings (SSSR count). The fourth-order valence-electron chi connectivity index (χ4n) is 10.9. The van der Waals surface area contributed by atoms with E-state index in [-0.39, 0.29) is 48.6 Å². The number of piperazine rings is 1. The Morgan fingerprint density at radius 1 is 0.789 bits per heavy atom. The Morgan fingerprint density at radius 3 is 1.97 bits per heavy atom. The van der Waals surface area contributed by atoms with E-state index in [4.69, 9.17) is 34.0 Å². The van der Waals surface area contributed by atoms with Crippen molar-refractivity contribution in [2.45, 2.75) is 95.7 Å². The summed E-state index contributed by atoms with van der Waals surface area (Å²) in [6, 6.07) is 45.1. The normalized spacial score (nSPS) is 17.3. The summed E-state index contributed by atoms with van der Waals surface area (Å²) in [5, 5.41) is 6.99. The Labute approximate surface area is 414 Å².